The third kappa shape index (κ3) is 4.13. The number of rotatable bonds is 5. The summed E-state index contributed by atoms with van der Waals surface area (Å²) in [6, 6.07) is 60.2. The molecule has 0 N–H and O–H groups in total. The maximum Gasteiger partial charge on any atom is 0.137 e. The molecule has 7 aromatic carbocycles. The maximum absolute atomic E-state index is 6.34. The highest BCUT2D eigenvalue weighted by Gasteiger charge is 2.20. The number of fused-ring (bicyclic) bond motifs is 6. The van der Waals surface area contributed by atoms with Gasteiger partial charge in [0.2, 0.25) is 0 Å². The van der Waals surface area contributed by atoms with Crippen LogP contribution in [0.15, 0.2) is 174 Å². The molecule has 0 aliphatic heterocycles. The topological polar surface area (TPSA) is 21.3 Å². The number of hydrogen-bond acceptors (Lipinski definition) is 2. The molecule has 0 aliphatic carbocycles. The second-order valence-corrected chi connectivity index (χ2v) is 11.4. The molecule has 0 saturated carbocycles. The van der Waals surface area contributed by atoms with E-state index in [0.717, 1.165) is 44.7 Å². The molecule has 0 fully saturated rings. The molecule has 212 valence electrons. The zero-order valence-corrected chi connectivity index (χ0v) is 24.5. The van der Waals surface area contributed by atoms with E-state index in [2.05, 4.69) is 167 Å². The van der Waals surface area contributed by atoms with Gasteiger partial charge in [0.1, 0.15) is 11.2 Å². The van der Waals surface area contributed by atoms with Crippen molar-refractivity contribution in [2.24, 2.45) is 0 Å². The van der Waals surface area contributed by atoms with Crippen LogP contribution in [0.25, 0.3) is 60.6 Å². The predicted octanol–water partition coefficient (Wildman–Crippen LogP) is 11.8. The van der Waals surface area contributed by atoms with Crippen molar-refractivity contribution in [1.82, 2.24) is 4.57 Å². The molecule has 9 rings (SSSR count). The fourth-order valence-corrected chi connectivity index (χ4v) is 6.77. The monoisotopic (exact) mass is 576 g/mol. The van der Waals surface area contributed by atoms with Gasteiger partial charge < -0.3 is 13.9 Å². The van der Waals surface area contributed by atoms with Gasteiger partial charge >= 0.3 is 0 Å². The second-order valence-electron chi connectivity index (χ2n) is 11.4. The minimum atomic E-state index is 0.873. The van der Waals surface area contributed by atoms with Gasteiger partial charge in [0.25, 0.3) is 0 Å². The highest BCUT2D eigenvalue weighted by Crippen LogP contribution is 2.44. The Bertz CT molecular complexity index is 2430. The van der Waals surface area contributed by atoms with Gasteiger partial charge in [0, 0.05) is 33.2 Å². The predicted molar refractivity (Wildman–Crippen MR) is 188 cm³/mol. The largest absolute Gasteiger partial charge is 0.456 e. The summed E-state index contributed by atoms with van der Waals surface area (Å²) in [7, 11) is 0. The van der Waals surface area contributed by atoms with Gasteiger partial charge in [-0.3, -0.25) is 0 Å². The Morgan fingerprint density at radius 2 is 1.02 bits per heavy atom. The molecule has 0 spiro atoms. The van der Waals surface area contributed by atoms with Crippen molar-refractivity contribution in [3.63, 3.8) is 0 Å². The number of anilines is 3. The third-order valence-corrected chi connectivity index (χ3v) is 8.78. The molecule has 3 nitrogen and oxygen atoms in total. The third-order valence-electron chi connectivity index (χ3n) is 8.78. The van der Waals surface area contributed by atoms with Gasteiger partial charge in [-0.05, 0) is 71.8 Å². The lowest BCUT2D eigenvalue weighted by Gasteiger charge is -2.27. The average molecular weight is 577 g/mol. The summed E-state index contributed by atoms with van der Waals surface area (Å²) in [5, 5.41) is 4.71. The van der Waals surface area contributed by atoms with Crippen LogP contribution in [0.5, 0.6) is 0 Å². The van der Waals surface area contributed by atoms with E-state index in [0.29, 0.717) is 0 Å². The molecule has 0 radical (unpaired) electrons. The normalized spacial score (nSPS) is 11.6. The van der Waals surface area contributed by atoms with Crippen molar-refractivity contribution in [3.8, 4) is 16.8 Å². The Morgan fingerprint density at radius 1 is 0.422 bits per heavy atom. The Morgan fingerprint density at radius 3 is 1.78 bits per heavy atom. The standard InChI is InChI=1S/C42H28N2O/c1-2-12-29(13-3-1)30-24-26-31(27-25-30)43(39-21-11-23-41-42(39)36-18-6-9-22-40(36)45-41)32-14-10-15-33(28-32)44-37-19-7-4-16-34(37)35-17-5-8-20-38(35)44/h1-28H. The molecule has 2 aromatic heterocycles. The van der Waals surface area contributed by atoms with Gasteiger partial charge in [0.05, 0.1) is 22.1 Å². The first-order chi connectivity index (χ1) is 22.3. The van der Waals surface area contributed by atoms with Crippen molar-refractivity contribution in [1.29, 1.82) is 0 Å². The van der Waals surface area contributed by atoms with Gasteiger partial charge in [-0.15, -0.1) is 0 Å². The minimum Gasteiger partial charge on any atom is -0.456 e. The van der Waals surface area contributed by atoms with E-state index in [1.165, 1.54) is 32.9 Å². The van der Waals surface area contributed by atoms with Crippen LogP contribution in [0.3, 0.4) is 0 Å². The summed E-state index contributed by atoms with van der Waals surface area (Å²) in [6.45, 7) is 0. The summed E-state index contributed by atoms with van der Waals surface area (Å²) < 4.78 is 8.71. The highest BCUT2D eigenvalue weighted by atomic mass is 16.3. The van der Waals surface area contributed by atoms with Crippen LogP contribution in [0, 0.1) is 0 Å². The molecule has 45 heavy (non-hydrogen) atoms. The van der Waals surface area contributed by atoms with E-state index >= 15 is 0 Å². The number of hydrogen-bond donors (Lipinski definition) is 0. The Labute approximate surface area is 260 Å². The molecule has 9 aromatic rings. The lowest BCUT2D eigenvalue weighted by molar-refractivity contribution is 0.669. The maximum atomic E-state index is 6.34. The number of benzene rings is 7. The van der Waals surface area contributed by atoms with Crippen molar-refractivity contribution >= 4 is 60.8 Å². The SMILES string of the molecule is c1ccc(-c2ccc(N(c3cccc(-n4c5ccccc5c5ccccc54)c3)c3cccc4oc5ccccc5c34)cc2)cc1. The van der Waals surface area contributed by atoms with Gasteiger partial charge in [-0.2, -0.15) is 0 Å². The molecule has 0 unspecified atom stereocenters. The van der Waals surface area contributed by atoms with E-state index in [1.54, 1.807) is 0 Å². The summed E-state index contributed by atoms with van der Waals surface area (Å²) in [6.07, 6.45) is 0. The fourth-order valence-electron chi connectivity index (χ4n) is 6.77. The van der Waals surface area contributed by atoms with Crippen LogP contribution < -0.4 is 4.90 Å². The van der Waals surface area contributed by atoms with Crippen LogP contribution in [0.4, 0.5) is 17.1 Å². The van der Waals surface area contributed by atoms with Crippen molar-refractivity contribution < 1.29 is 4.42 Å². The average Bonchev–Trinajstić information content (AvgIpc) is 3.66. The van der Waals surface area contributed by atoms with Crippen LogP contribution >= 0.6 is 0 Å². The lowest BCUT2D eigenvalue weighted by atomic mass is 10.0. The molecule has 0 aliphatic rings. The lowest BCUT2D eigenvalue weighted by Crippen LogP contribution is -2.11. The summed E-state index contributed by atoms with van der Waals surface area (Å²) in [5.41, 5.74) is 10.9. The molecular formula is C42H28N2O. The Kier molecular flexibility index (Phi) is 5.82. The number of para-hydroxylation sites is 3. The highest BCUT2D eigenvalue weighted by molar-refractivity contribution is 6.13. The molecule has 0 saturated heterocycles. The van der Waals surface area contributed by atoms with E-state index in [9.17, 15) is 0 Å². The molecule has 0 atom stereocenters. The van der Waals surface area contributed by atoms with Crippen LogP contribution in [0.2, 0.25) is 0 Å². The zero-order chi connectivity index (χ0) is 29.7. The van der Waals surface area contributed by atoms with Gasteiger partial charge in [-0.25, -0.2) is 0 Å². The summed E-state index contributed by atoms with van der Waals surface area (Å²) in [4.78, 5) is 2.36. The van der Waals surface area contributed by atoms with Gasteiger partial charge in [0.15, 0.2) is 0 Å². The quantitative estimate of drug-likeness (QED) is 0.203. The summed E-state index contributed by atoms with van der Waals surface area (Å²) >= 11 is 0. The van der Waals surface area contributed by atoms with Crippen LogP contribution in [-0.2, 0) is 0 Å². The molecule has 0 amide bonds. The van der Waals surface area contributed by atoms with E-state index in [-0.39, 0.29) is 0 Å². The smallest absolute Gasteiger partial charge is 0.137 e. The van der Waals surface area contributed by atoms with Crippen LogP contribution in [-0.4, -0.2) is 4.57 Å². The van der Waals surface area contributed by atoms with Crippen molar-refractivity contribution in [2.45, 2.75) is 0 Å². The van der Waals surface area contributed by atoms with E-state index < -0.39 is 0 Å². The number of furan rings is 1. The number of nitrogens with zero attached hydrogens (tertiary/aromatic N) is 2. The minimum absolute atomic E-state index is 0.873. The number of aromatic nitrogens is 1. The van der Waals surface area contributed by atoms with Crippen molar-refractivity contribution in [3.05, 3.63) is 170 Å². The first kappa shape index (κ1) is 25.4. The first-order valence-corrected chi connectivity index (χ1v) is 15.3. The Hall–Kier alpha value is -6.06. The zero-order valence-electron chi connectivity index (χ0n) is 24.5. The van der Waals surface area contributed by atoms with Gasteiger partial charge in [-0.1, -0.05) is 109 Å². The first-order valence-electron chi connectivity index (χ1n) is 15.3. The molecular weight excluding hydrogens is 548 g/mol. The van der Waals surface area contributed by atoms with E-state index in [1.807, 2.05) is 12.1 Å². The van der Waals surface area contributed by atoms with Crippen molar-refractivity contribution in [2.75, 3.05) is 4.90 Å². The second kappa shape index (κ2) is 10.3. The summed E-state index contributed by atoms with van der Waals surface area (Å²) in [5.74, 6) is 0. The van der Waals surface area contributed by atoms with E-state index in [4.69, 9.17) is 4.42 Å². The van der Waals surface area contributed by atoms with Crippen LogP contribution in [0.1, 0.15) is 0 Å². The molecule has 2 heterocycles. The fraction of sp³-hybridized carbons (Fsp3) is 0. The molecule has 0 bridgehead atoms. The Balaban J connectivity index is 1.28. The molecule has 3 heteroatoms.